The maximum atomic E-state index is 13.0. The third kappa shape index (κ3) is 4.84. The lowest BCUT2D eigenvalue weighted by atomic mass is 10.0. The number of benzene rings is 2. The number of ether oxygens (including phenoxy) is 3. The lowest BCUT2D eigenvalue weighted by Crippen LogP contribution is -2.43. The molecule has 0 spiro atoms. The van der Waals surface area contributed by atoms with Crippen LogP contribution >= 0.6 is 12.2 Å². The molecule has 4 rings (SSSR count). The smallest absolute Gasteiger partial charge is 0.261 e. The fourth-order valence-corrected chi connectivity index (χ4v) is 4.34. The second-order valence-corrected chi connectivity index (χ2v) is 8.43. The number of fused-ring (bicyclic) bond motifs is 1. The first-order valence-electron chi connectivity index (χ1n) is 11.0. The van der Waals surface area contributed by atoms with E-state index in [4.69, 9.17) is 26.4 Å². The summed E-state index contributed by atoms with van der Waals surface area (Å²) in [5.41, 5.74) is 1.78. The highest BCUT2D eigenvalue weighted by Crippen LogP contribution is 2.32. The van der Waals surface area contributed by atoms with E-state index in [-0.39, 0.29) is 17.5 Å². The minimum Gasteiger partial charge on any atom is -0.493 e. The van der Waals surface area contributed by atoms with E-state index in [2.05, 4.69) is 15.2 Å². The summed E-state index contributed by atoms with van der Waals surface area (Å²) in [5.74, 6) is 1.05. The van der Waals surface area contributed by atoms with E-state index in [1.807, 2.05) is 18.2 Å². The van der Waals surface area contributed by atoms with Gasteiger partial charge in [0.25, 0.3) is 11.5 Å². The standard InChI is InChI=1S/C24H28N4O5S/c1-27-23(30)17-6-4-16(12-18(17)26-24(27)34)22(29)25-14-19(28-8-10-33-11-9-28)15-5-7-20(31-2)21(13-15)32-3/h4-7,12-13,19H,8-11,14H2,1-3H3,(H,25,29)(H,26,34)/t19-/m0/s1. The molecule has 1 aliphatic heterocycles. The molecule has 0 unspecified atom stereocenters. The zero-order chi connectivity index (χ0) is 24.2. The molecule has 1 fully saturated rings. The maximum absolute atomic E-state index is 13.0. The molecule has 2 heterocycles. The molecule has 2 aromatic carbocycles. The molecule has 1 amide bonds. The van der Waals surface area contributed by atoms with E-state index >= 15 is 0 Å². The van der Waals surface area contributed by atoms with Gasteiger partial charge in [-0.25, -0.2) is 0 Å². The molecule has 34 heavy (non-hydrogen) atoms. The van der Waals surface area contributed by atoms with Crippen LogP contribution in [0.15, 0.2) is 41.2 Å². The number of hydrogen-bond acceptors (Lipinski definition) is 7. The Morgan fingerprint density at radius 3 is 2.59 bits per heavy atom. The number of methoxy groups -OCH3 is 2. The van der Waals surface area contributed by atoms with Gasteiger partial charge in [-0.1, -0.05) is 6.07 Å². The van der Waals surface area contributed by atoms with Gasteiger partial charge in [-0.05, 0) is 48.1 Å². The second-order valence-electron chi connectivity index (χ2n) is 8.04. The van der Waals surface area contributed by atoms with Gasteiger partial charge in [-0.3, -0.25) is 19.1 Å². The Morgan fingerprint density at radius 1 is 1.15 bits per heavy atom. The van der Waals surface area contributed by atoms with Gasteiger partial charge in [-0.2, -0.15) is 0 Å². The summed E-state index contributed by atoms with van der Waals surface area (Å²) < 4.78 is 18.0. The second kappa shape index (κ2) is 10.4. The molecular formula is C24H28N4O5S. The third-order valence-corrected chi connectivity index (χ3v) is 6.47. The minimum absolute atomic E-state index is 0.0776. The van der Waals surface area contributed by atoms with E-state index < -0.39 is 0 Å². The Balaban J connectivity index is 1.59. The Labute approximate surface area is 202 Å². The Kier molecular flexibility index (Phi) is 7.30. The van der Waals surface area contributed by atoms with Crippen molar-refractivity contribution >= 4 is 29.0 Å². The third-order valence-electron chi connectivity index (χ3n) is 6.10. The van der Waals surface area contributed by atoms with Crippen molar-refractivity contribution in [3.05, 3.63) is 62.6 Å². The van der Waals surface area contributed by atoms with Crippen LogP contribution in [0.2, 0.25) is 0 Å². The van der Waals surface area contributed by atoms with Crippen molar-refractivity contribution in [2.24, 2.45) is 7.05 Å². The molecule has 2 N–H and O–H groups in total. The lowest BCUT2D eigenvalue weighted by molar-refractivity contribution is 0.0162. The first-order valence-corrected chi connectivity index (χ1v) is 11.4. The van der Waals surface area contributed by atoms with Crippen LogP contribution in [0.5, 0.6) is 11.5 Å². The van der Waals surface area contributed by atoms with Crippen LogP contribution in [-0.2, 0) is 11.8 Å². The molecule has 180 valence electrons. The number of hydrogen-bond donors (Lipinski definition) is 2. The summed E-state index contributed by atoms with van der Waals surface area (Å²) in [5, 5.41) is 3.53. The number of amides is 1. The predicted molar refractivity (Wildman–Crippen MR) is 131 cm³/mol. The van der Waals surface area contributed by atoms with Gasteiger partial charge >= 0.3 is 0 Å². The van der Waals surface area contributed by atoms with Crippen molar-refractivity contribution < 1.29 is 19.0 Å². The van der Waals surface area contributed by atoms with Crippen LogP contribution in [0.4, 0.5) is 0 Å². The van der Waals surface area contributed by atoms with Gasteiger partial charge in [0.1, 0.15) is 0 Å². The first kappa shape index (κ1) is 23.9. The maximum Gasteiger partial charge on any atom is 0.261 e. The lowest BCUT2D eigenvalue weighted by Gasteiger charge is -2.35. The Morgan fingerprint density at radius 2 is 1.88 bits per heavy atom. The molecule has 0 aliphatic carbocycles. The van der Waals surface area contributed by atoms with Crippen LogP contribution in [0, 0.1) is 4.77 Å². The van der Waals surface area contributed by atoms with E-state index in [1.54, 1.807) is 39.5 Å². The van der Waals surface area contributed by atoms with Gasteiger partial charge in [0.15, 0.2) is 16.3 Å². The number of carbonyl (C=O) groups excluding carboxylic acids is 1. The van der Waals surface area contributed by atoms with Crippen molar-refractivity contribution in [2.75, 3.05) is 47.1 Å². The minimum atomic E-state index is -0.236. The quantitative estimate of drug-likeness (QED) is 0.497. The summed E-state index contributed by atoms with van der Waals surface area (Å²) in [7, 11) is 4.82. The SMILES string of the molecule is COc1ccc([C@H](CNC(=O)c2ccc3c(=O)n(C)c(=S)[nH]c3c2)N2CCOCC2)cc1OC. The Hall–Kier alpha value is -3.21. The monoisotopic (exact) mass is 484 g/mol. The number of nitrogens with one attached hydrogen (secondary N) is 2. The van der Waals surface area contributed by atoms with E-state index in [1.165, 1.54) is 4.57 Å². The number of H-pyrrole nitrogens is 1. The van der Waals surface area contributed by atoms with Gasteiger partial charge in [-0.15, -0.1) is 0 Å². The zero-order valence-corrected chi connectivity index (χ0v) is 20.2. The molecule has 1 atom stereocenters. The number of carbonyl (C=O) groups is 1. The normalized spacial score (nSPS) is 15.1. The first-order chi connectivity index (χ1) is 16.4. The summed E-state index contributed by atoms with van der Waals surface area (Å²) in [6, 6.07) is 10.7. The van der Waals surface area contributed by atoms with E-state index in [9.17, 15) is 9.59 Å². The average Bonchev–Trinajstić information content (AvgIpc) is 2.87. The summed E-state index contributed by atoms with van der Waals surface area (Å²) in [6.07, 6.45) is 0. The molecule has 1 aromatic heterocycles. The zero-order valence-electron chi connectivity index (χ0n) is 19.4. The Bertz CT molecular complexity index is 1310. The van der Waals surface area contributed by atoms with Crippen LogP contribution in [-0.4, -0.2) is 67.4 Å². The fraction of sp³-hybridized carbons (Fsp3) is 0.375. The fourth-order valence-electron chi connectivity index (χ4n) is 4.15. The number of rotatable bonds is 7. The van der Waals surface area contributed by atoms with Crippen LogP contribution in [0.25, 0.3) is 10.9 Å². The summed E-state index contributed by atoms with van der Waals surface area (Å²) in [4.78, 5) is 30.8. The molecule has 10 heteroatoms. The molecule has 0 bridgehead atoms. The molecule has 0 radical (unpaired) electrons. The molecule has 1 aliphatic rings. The van der Waals surface area contributed by atoms with Crippen LogP contribution in [0.3, 0.4) is 0 Å². The van der Waals surface area contributed by atoms with E-state index in [0.29, 0.717) is 52.5 Å². The largest absolute Gasteiger partial charge is 0.493 e. The summed E-state index contributed by atoms with van der Waals surface area (Å²) >= 11 is 5.20. The van der Waals surface area contributed by atoms with Crippen molar-refractivity contribution in [2.45, 2.75) is 6.04 Å². The van der Waals surface area contributed by atoms with Gasteiger partial charge in [0.2, 0.25) is 0 Å². The highest BCUT2D eigenvalue weighted by molar-refractivity contribution is 7.71. The summed E-state index contributed by atoms with van der Waals surface area (Å²) in [6.45, 7) is 3.17. The highest BCUT2D eigenvalue weighted by Gasteiger charge is 2.24. The van der Waals surface area contributed by atoms with Gasteiger partial charge < -0.3 is 24.5 Å². The van der Waals surface area contributed by atoms with Crippen molar-refractivity contribution in [1.29, 1.82) is 0 Å². The predicted octanol–water partition coefficient (Wildman–Crippen LogP) is 2.42. The average molecular weight is 485 g/mol. The van der Waals surface area contributed by atoms with Crippen molar-refractivity contribution in [3.8, 4) is 11.5 Å². The molecule has 1 saturated heterocycles. The topological polar surface area (TPSA) is 97.8 Å². The van der Waals surface area contributed by atoms with Crippen molar-refractivity contribution in [1.82, 2.24) is 19.8 Å². The number of aromatic nitrogens is 2. The number of morpholine rings is 1. The molecular weight excluding hydrogens is 456 g/mol. The molecule has 9 nitrogen and oxygen atoms in total. The highest BCUT2D eigenvalue weighted by atomic mass is 32.1. The van der Waals surface area contributed by atoms with Gasteiger partial charge in [0.05, 0.1) is 44.4 Å². The van der Waals surface area contributed by atoms with Crippen LogP contribution < -0.4 is 20.3 Å². The van der Waals surface area contributed by atoms with Crippen molar-refractivity contribution in [3.63, 3.8) is 0 Å². The number of aromatic amines is 1. The van der Waals surface area contributed by atoms with Crippen LogP contribution in [0.1, 0.15) is 22.0 Å². The van der Waals surface area contributed by atoms with Gasteiger partial charge in [0, 0.05) is 32.2 Å². The van der Waals surface area contributed by atoms with E-state index in [0.717, 1.165) is 18.7 Å². The molecule has 0 saturated carbocycles. The number of nitrogens with zero attached hydrogens (tertiary/aromatic N) is 2. The molecule has 3 aromatic rings.